The molecule has 2 aromatic rings. The van der Waals surface area contributed by atoms with Crippen LogP contribution in [-0.4, -0.2) is 43.8 Å². The van der Waals surface area contributed by atoms with Crippen molar-refractivity contribution in [3.05, 3.63) is 59.7 Å². The van der Waals surface area contributed by atoms with Crippen molar-refractivity contribution >= 4 is 27.1 Å². The molecule has 9 heteroatoms. The van der Waals surface area contributed by atoms with E-state index in [9.17, 15) is 26.4 Å². The number of halogens is 3. The highest BCUT2D eigenvalue weighted by molar-refractivity contribution is 7.91. The molecule has 28 heavy (non-hydrogen) atoms. The lowest BCUT2D eigenvalue weighted by molar-refractivity contribution is -0.137. The molecular weight excluding hydrogens is 393 g/mol. The van der Waals surface area contributed by atoms with Crippen LogP contribution in [0.25, 0.3) is 0 Å². The van der Waals surface area contributed by atoms with Crippen LogP contribution in [0.5, 0.6) is 0 Å². The molecule has 1 aliphatic rings. The summed E-state index contributed by atoms with van der Waals surface area (Å²) in [4.78, 5) is 14.3. The van der Waals surface area contributed by atoms with Crippen molar-refractivity contribution in [2.24, 2.45) is 0 Å². The number of para-hydroxylation sites is 1. The molecule has 1 saturated heterocycles. The number of hydrogen-bond donors (Lipinski definition) is 1. The van der Waals surface area contributed by atoms with Gasteiger partial charge in [0, 0.05) is 18.8 Å². The Labute approximate surface area is 161 Å². The molecule has 1 atom stereocenters. The van der Waals surface area contributed by atoms with Crippen LogP contribution in [0.3, 0.4) is 0 Å². The minimum absolute atomic E-state index is 0.0411. The van der Waals surface area contributed by atoms with Crippen LogP contribution in [0, 0.1) is 0 Å². The van der Waals surface area contributed by atoms with E-state index in [-0.39, 0.29) is 22.8 Å². The zero-order chi connectivity index (χ0) is 20.5. The number of benzene rings is 2. The Morgan fingerprint density at radius 1 is 1.14 bits per heavy atom. The minimum atomic E-state index is -4.47. The number of alkyl halides is 3. The number of nitrogens with zero attached hydrogens (tertiary/aromatic N) is 1. The van der Waals surface area contributed by atoms with E-state index >= 15 is 0 Å². The average molecular weight is 412 g/mol. The Bertz CT molecular complexity index is 990. The number of rotatable bonds is 4. The summed E-state index contributed by atoms with van der Waals surface area (Å²) in [6, 6.07) is 10.7. The van der Waals surface area contributed by atoms with Gasteiger partial charge in [-0.25, -0.2) is 8.42 Å². The third-order valence-electron chi connectivity index (χ3n) is 4.70. The fourth-order valence-corrected chi connectivity index (χ4v) is 4.92. The molecular formula is C19H19F3N2O3S. The van der Waals surface area contributed by atoms with Crippen molar-refractivity contribution in [1.29, 1.82) is 0 Å². The summed E-state index contributed by atoms with van der Waals surface area (Å²) in [6.07, 6.45) is -4.10. The number of amides is 1. The van der Waals surface area contributed by atoms with E-state index in [4.69, 9.17) is 0 Å². The number of carbonyl (C=O) groups excluding carboxylic acids is 1. The van der Waals surface area contributed by atoms with E-state index < -0.39 is 33.5 Å². The molecule has 0 radical (unpaired) electrons. The molecule has 0 aromatic heterocycles. The molecule has 1 heterocycles. The molecule has 0 aliphatic carbocycles. The van der Waals surface area contributed by atoms with Crippen molar-refractivity contribution in [3.63, 3.8) is 0 Å². The van der Waals surface area contributed by atoms with Crippen LogP contribution in [0.1, 0.15) is 22.3 Å². The van der Waals surface area contributed by atoms with Gasteiger partial charge in [0.25, 0.3) is 5.91 Å². The lowest BCUT2D eigenvalue weighted by Crippen LogP contribution is -2.38. The zero-order valence-corrected chi connectivity index (χ0v) is 15.8. The minimum Gasteiger partial charge on any atom is -0.355 e. The van der Waals surface area contributed by atoms with Gasteiger partial charge in [-0.05, 0) is 36.8 Å². The summed E-state index contributed by atoms with van der Waals surface area (Å²) in [5.41, 5.74) is 0.00185. The monoisotopic (exact) mass is 412 g/mol. The van der Waals surface area contributed by atoms with Gasteiger partial charge in [0.15, 0.2) is 9.84 Å². The summed E-state index contributed by atoms with van der Waals surface area (Å²) >= 11 is 0. The molecule has 0 spiro atoms. The maximum absolute atomic E-state index is 12.9. The van der Waals surface area contributed by atoms with E-state index in [2.05, 4.69) is 5.32 Å². The van der Waals surface area contributed by atoms with E-state index in [1.54, 1.807) is 24.3 Å². The Kier molecular flexibility index (Phi) is 5.38. The SMILES string of the molecule is CN(C(=O)c1ccccc1Nc1cccc(C(F)(F)F)c1)C1CCS(=O)(=O)C1. The quantitative estimate of drug-likeness (QED) is 0.832. The van der Waals surface area contributed by atoms with E-state index in [1.807, 2.05) is 0 Å². The first-order chi connectivity index (χ1) is 13.1. The fourth-order valence-electron chi connectivity index (χ4n) is 3.14. The van der Waals surface area contributed by atoms with Gasteiger partial charge in [-0.15, -0.1) is 0 Å². The first-order valence-corrected chi connectivity index (χ1v) is 10.4. The maximum atomic E-state index is 12.9. The van der Waals surface area contributed by atoms with Crippen molar-refractivity contribution in [1.82, 2.24) is 4.90 Å². The van der Waals surface area contributed by atoms with Gasteiger partial charge in [0.1, 0.15) is 0 Å². The van der Waals surface area contributed by atoms with Crippen molar-refractivity contribution in [3.8, 4) is 0 Å². The van der Waals surface area contributed by atoms with Gasteiger partial charge in [0.2, 0.25) is 0 Å². The molecule has 2 aromatic carbocycles. The zero-order valence-electron chi connectivity index (χ0n) is 15.0. The van der Waals surface area contributed by atoms with Crippen LogP contribution >= 0.6 is 0 Å². The van der Waals surface area contributed by atoms with Gasteiger partial charge in [-0.3, -0.25) is 4.79 Å². The highest BCUT2D eigenvalue weighted by atomic mass is 32.2. The summed E-state index contributed by atoms with van der Waals surface area (Å²) in [6.45, 7) is 0. The van der Waals surface area contributed by atoms with Crippen molar-refractivity contribution in [2.75, 3.05) is 23.9 Å². The number of hydrogen-bond acceptors (Lipinski definition) is 4. The normalized spacial score (nSPS) is 18.6. The predicted molar refractivity (Wildman–Crippen MR) is 100 cm³/mol. The van der Waals surface area contributed by atoms with Crippen LogP contribution in [0.4, 0.5) is 24.5 Å². The lowest BCUT2D eigenvalue weighted by Gasteiger charge is -2.24. The van der Waals surface area contributed by atoms with E-state index in [0.29, 0.717) is 12.1 Å². The first kappa shape index (κ1) is 20.2. The summed E-state index contributed by atoms with van der Waals surface area (Å²) in [5, 5.41) is 2.86. The molecule has 1 aliphatic heterocycles. The molecule has 0 bridgehead atoms. The van der Waals surface area contributed by atoms with Crippen molar-refractivity contribution in [2.45, 2.75) is 18.6 Å². The maximum Gasteiger partial charge on any atom is 0.416 e. The predicted octanol–water partition coefficient (Wildman–Crippen LogP) is 3.71. The van der Waals surface area contributed by atoms with E-state index in [1.165, 1.54) is 24.1 Å². The number of anilines is 2. The van der Waals surface area contributed by atoms with Crippen LogP contribution in [0.2, 0.25) is 0 Å². The second-order valence-electron chi connectivity index (χ2n) is 6.72. The van der Waals surface area contributed by atoms with Crippen molar-refractivity contribution < 1.29 is 26.4 Å². The van der Waals surface area contributed by atoms with Gasteiger partial charge in [-0.2, -0.15) is 13.2 Å². The molecule has 1 N–H and O–H groups in total. The fraction of sp³-hybridized carbons (Fsp3) is 0.316. The van der Waals surface area contributed by atoms with Crippen LogP contribution in [0.15, 0.2) is 48.5 Å². The smallest absolute Gasteiger partial charge is 0.355 e. The van der Waals surface area contributed by atoms with Crippen LogP contribution in [-0.2, 0) is 16.0 Å². The molecule has 1 amide bonds. The lowest BCUT2D eigenvalue weighted by atomic mass is 10.1. The molecule has 0 saturated carbocycles. The second-order valence-corrected chi connectivity index (χ2v) is 8.95. The summed E-state index contributed by atoms with van der Waals surface area (Å²) in [7, 11) is -1.61. The molecule has 5 nitrogen and oxygen atoms in total. The number of carbonyl (C=O) groups is 1. The third-order valence-corrected chi connectivity index (χ3v) is 6.45. The topological polar surface area (TPSA) is 66.5 Å². The Morgan fingerprint density at radius 3 is 2.50 bits per heavy atom. The second kappa shape index (κ2) is 7.46. The highest BCUT2D eigenvalue weighted by Crippen LogP contribution is 2.32. The number of sulfone groups is 1. The summed E-state index contributed by atoms with van der Waals surface area (Å²) in [5.74, 6) is -0.435. The third kappa shape index (κ3) is 4.46. The van der Waals surface area contributed by atoms with Gasteiger partial charge in [-0.1, -0.05) is 18.2 Å². The molecule has 1 unspecified atom stereocenters. The Hall–Kier alpha value is -2.55. The average Bonchev–Trinajstić information content (AvgIpc) is 3.00. The first-order valence-electron chi connectivity index (χ1n) is 8.58. The standard InChI is InChI=1S/C19H19F3N2O3S/c1-24(15-9-10-28(26,27)12-15)18(25)16-7-2-3-8-17(16)23-14-6-4-5-13(11-14)19(20,21)22/h2-8,11,15,23H,9-10,12H2,1H3. The summed E-state index contributed by atoms with van der Waals surface area (Å²) < 4.78 is 62.1. The Balaban J connectivity index is 1.85. The van der Waals surface area contributed by atoms with Crippen LogP contribution < -0.4 is 5.32 Å². The largest absolute Gasteiger partial charge is 0.416 e. The van der Waals surface area contributed by atoms with Gasteiger partial charge >= 0.3 is 6.18 Å². The van der Waals surface area contributed by atoms with Gasteiger partial charge in [0.05, 0.1) is 28.3 Å². The Morgan fingerprint density at radius 2 is 1.86 bits per heavy atom. The van der Waals surface area contributed by atoms with E-state index in [0.717, 1.165) is 12.1 Å². The molecule has 3 rings (SSSR count). The number of nitrogens with one attached hydrogen (secondary N) is 1. The highest BCUT2D eigenvalue weighted by Gasteiger charge is 2.34. The molecule has 150 valence electrons. The molecule has 1 fully saturated rings. The van der Waals surface area contributed by atoms with Gasteiger partial charge < -0.3 is 10.2 Å².